The minimum atomic E-state index is -0.574. The lowest BCUT2D eigenvalue weighted by atomic mass is 10.2. The van der Waals surface area contributed by atoms with E-state index in [0.717, 1.165) is 5.56 Å². The largest absolute Gasteiger partial charge is 0.330 e. The molecule has 4 heteroatoms. The van der Waals surface area contributed by atoms with Crippen molar-refractivity contribution in [3.8, 4) is 5.69 Å². The van der Waals surface area contributed by atoms with Gasteiger partial charge in [-0.3, -0.25) is 0 Å². The second-order valence-electron chi connectivity index (χ2n) is 3.54. The van der Waals surface area contributed by atoms with Crippen molar-refractivity contribution in [2.75, 3.05) is 6.54 Å². The first kappa shape index (κ1) is 10.8. The summed E-state index contributed by atoms with van der Waals surface area (Å²) in [6, 6.07) is 5.62. The second kappa shape index (κ2) is 4.45. The lowest BCUT2D eigenvalue weighted by Gasteiger charge is -2.05. The van der Waals surface area contributed by atoms with Gasteiger partial charge in [0.1, 0.15) is 17.3 Å². The van der Waals surface area contributed by atoms with Crippen LogP contribution in [0.2, 0.25) is 0 Å². The SMILES string of the molecule is NCCc1ccn(-c2c(F)cccc2F)c1. The van der Waals surface area contributed by atoms with Crippen LogP contribution in [0.3, 0.4) is 0 Å². The Kier molecular flexibility index (Phi) is 3.01. The molecule has 0 aliphatic carbocycles. The molecule has 1 heterocycles. The fraction of sp³-hybridized carbons (Fsp3) is 0.167. The highest BCUT2D eigenvalue weighted by Crippen LogP contribution is 2.18. The quantitative estimate of drug-likeness (QED) is 0.848. The van der Waals surface area contributed by atoms with Crippen molar-refractivity contribution in [1.29, 1.82) is 0 Å². The fourth-order valence-electron chi connectivity index (χ4n) is 1.63. The second-order valence-corrected chi connectivity index (χ2v) is 3.54. The average Bonchev–Trinajstić information content (AvgIpc) is 2.67. The molecular weight excluding hydrogens is 210 g/mol. The van der Waals surface area contributed by atoms with E-state index >= 15 is 0 Å². The number of rotatable bonds is 3. The Morgan fingerprint density at radius 2 is 1.81 bits per heavy atom. The van der Waals surface area contributed by atoms with Crippen LogP contribution in [0.25, 0.3) is 5.69 Å². The summed E-state index contributed by atoms with van der Waals surface area (Å²) in [4.78, 5) is 0. The third-order valence-corrected chi connectivity index (χ3v) is 2.38. The summed E-state index contributed by atoms with van der Waals surface area (Å²) in [5, 5.41) is 0. The summed E-state index contributed by atoms with van der Waals surface area (Å²) < 4.78 is 28.3. The van der Waals surface area contributed by atoms with E-state index in [1.54, 1.807) is 18.5 Å². The molecule has 0 unspecified atom stereocenters. The molecule has 0 radical (unpaired) electrons. The van der Waals surface area contributed by atoms with E-state index in [4.69, 9.17) is 5.73 Å². The van der Waals surface area contributed by atoms with Gasteiger partial charge in [-0.25, -0.2) is 8.78 Å². The third-order valence-electron chi connectivity index (χ3n) is 2.38. The molecule has 2 nitrogen and oxygen atoms in total. The van der Waals surface area contributed by atoms with Crippen LogP contribution in [-0.4, -0.2) is 11.1 Å². The summed E-state index contributed by atoms with van der Waals surface area (Å²) in [6.07, 6.45) is 4.02. The normalized spacial score (nSPS) is 10.7. The van der Waals surface area contributed by atoms with Crippen molar-refractivity contribution in [2.24, 2.45) is 5.73 Å². The van der Waals surface area contributed by atoms with Crippen LogP contribution in [0.15, 0.2) is 36.7 Å². The van der Waals surface area contributed by atoms with Crippen molar-refractivity contribution >= 4 is 0 Å². The summed E-state index contributed by atoms with van der Waals surface area (Å²) >= 11 is 0. The molecule has 1 aromatic heterocycles. The molecule has 0 saturated carbocycles. The van der Waals surface area contributed by atoms with Gasteiger partial charge < -0.3 is 10.3 Å². The van der Waals surface area contributed by atoms with E-state index in [-0.39, 0.29) is 5.69 Å². The minimum absolute atomic E-state index is 0.0502. The van der Waals surface area contributed by atoms with E-state index in [0.29, 0.717) is 13.0 Å². The highest BCUT2D eigenvalue weighted by atomic mass is 19.1. The summed E-state index contributed by atoms with van der Waals surface area (Å²) in [6.45, 7) is 0.518. The Labute approximate surface area is 92.3 Å². The number of nitrogens with zero attached hydrogens (tertiary/aromatic N) is 1. The summed E-state index contributed by atoms with van der Waals surface area (Å²) in [5.41, 5.74) is 6.32. The number of hydrogen-bond acceptors (Lipinski definition) is 1. The van der Waals surface area contributed by atoms with E-state index in [1.165, 1.54) is 22.8 Å². The van der Waals surface area contributed by atoms with Crippen LogP contribution < -0.4 is 5.73 Å². The van der Waals surface area contributed by atoms with E-state index in [2.05, 4.69) is 0 Å². The molecule has 2 aromatic rings. The van der Waals surface area contributed by atoms with Crippen LogP contribution in [0.4, 0.5) is 8.78 Å². The van der Waals surface area contributed by atoms with Crippen LogP contribution >= 0.6 is 0 Å². The standard InChI is InChI=1S/C12H12F2N2/c13-10-2-1-3-11(14)12(10)16-7-5-9(8-16)4-6-15/h1-3,5,7-8H,4,6,15H2. The summed E-state index contributed by atoms with van der Waals surface area (Å²) in [7, 11) is 0. The van der Waals surface area contributed by atoms with E-state index in [9.17, 15) is 8.78 Å². The number of hydrogen-bond donors (Lipinski definition) is 1. The van der Waals surface area contributed by atoms with E-state index in [1.807, 2.05) is 0 Å². The average molecular weight is 222 g/mol. The predicted octanol–water partition coefficient (Wildman–Crippen LogP) is 2.26. The van der Waals surface area contributed by atoms with Gasteiger partial charge in [0, 0.05) is 12.4 Å². The zero-order valence-corrected chi connectivity index (χ0v) is 8.66. The van der Waals surface area contributed by atoms with Gasteiger partial charge in [0.15, 0.2) is 0 Å². The third kappa shape index (κ3) is 1.97. The molecule has 0 aliphatic rings. The zero-order valence-electron chi connectivity index (χ0n) is 8.66. The first-order valence-electron chi connectivity index (χ1n) is 5.03. The number of benzene rings is 1. The lowest BCUT2D eigenvalue weighted by Crippen LogP contribution is -2.02. The Bertz CT molecular complexity index is 471. The topological polar surface area (TPSA) is 30.9 Å². The molecule has 0 fully saturated rings. The molecule has 16 heavy (non-hydrogen) atoms. The number of para-hydroxylation sites is 1. The molecule has 2 N–H and O–H groups in total. The van der Waals surface area contributed by atoms with Gasteiger partial charge in [0.05, 0.1) is 0 Å². The van der Waals surface area contributed by atoms with Crippen LogP contribution in [0, 0.1) is 11.6 Å². The maximum atomic E-state index is 13.4. The maximum absolute atomic E-state index is 13.4. The van der Waals surface area contributed by atoms with Crippen molar-refractivity contribution in [1.82, 2.24) is 4.57 Å². The Morgan fingerprint density at radius 1 is 1.12 bits per heavy atom. The van der Waals surface area contributed by atoms with Crippen molar-refractivity contribution < 1.29 is 8.78 Å². The van der Waals surface area contributed by atoms with Crippen LogP contribution in [0.5, 0.6) is 0 Å². The molecule has 0 spiro atoms. The number of nitrogens with two attached hydrogens (primary N) is 1. The molecule has 0 amide bonds. The van der Waals surface area contributed by atoms with Crippen molar-refractivity contribution in [3.63, 3.8) is 0 Å². The molecule has 0 atom stereocenters. The maximum Gasteiger partial charge on any atom is 0.150 e. The van der Waals surface area contributed by atoms with Crippen molar-refractivity contribution in [2.45, 2.75) is 6.42 Å². The smallest absolute Gasteiger partial charge is 0.150 e. The van der Waals surface area contributed by atoms with Gasteiger partial charge in [0.25, 0.3) is 0 Å². The Balaban J connectivity index is 2.42. The predicted molar refractivity (Wildman–Crippen MR) is 58.4 cm³/mol. The van der Waals surface area contributed by atoms with Gasteiger partial charge in [-0.05, 0) is 36.7 Å². The van der Waals surface area contributed by atoms with Gasteiger partial charge in [0.2, 0.25) is 0 Å². The fourth-order valence-corrected chi connectivity index (χ4v) is 1.63. The van der Waals surface area contributed by atoms with Gasteiger partial charge in [-0.15, -0.1) is 0 Å². The number of aromatic nitrogens is 1. The number of halogens is 2. The molecule has 0 bridgehead atoms. The highest BCUT2D eigenvalue weighted by molar-refractivity contribution is 5.37. The Morgan fingerprint density at radius 3 is 2.44 bits per heavy atom. The molecular formula is C12H12F2N2. The molecule has 0 aliphatic heterocycles. The molecule has 84 valence electrons. The monoisotopic (exact) mass is 222 g/mol. The first-order valence-corrected chi connectivity index (χ1v) is 5.03. The van der Waals surface area contributed by atoms with Gasteiger partial charge in [-0.1, -0.05) is 6.07 Å². The van der Waals surface area contributed by atoms with E-state index < -0.39 is 11.6 Å². The van der Waals surface area contributed by atoms with Crippen LogP contribution in [-0.2, 0) is 6.42 Å². The zero-order chi connectivity index (χ0) is 11.5. The molecule has 2 rings (SSSR count). The highest BCUT2D eigenvalue weighted by Gasteiger charge is 2.10. The van der Waals surface area contributed by atoms with Crippen molar-refractivity contribution in [3.05, 3.63) is 53.9 Å². The minimum Gasteiger partial charge on any atom is -0.330 e. The first-order chi connectivity index (χ1) is 7.72. The summed E-state index contributed by atoms with van der Waals surface area (Å²) in [5.74, 6) is -1.15. The Hall–Kier alpha value is -1.68. The van der Waals surface area contributed by atoms with Gasteiger partial charge >= 0.3 is 0 Å². The molecule has 0 saturated heterocycles. The molecule has 1 aromatic carbocycles. The van der Waals surface area contributed by atoms with Crippen LogP contribution in [0.1, 0.15) is 5.56 Å². The lowest BCUT2D eigenvalue weighted by molar-refractivity contribution is 0.569. The van der Waals surface area contributed by atoms with Gasteiger partial charge in [-0.2, -0.15) is 0 Å².